The topological polar surface area (TPSA) is 27.0 Å². The first-order chi connectivity index (χ1) is 9.38. The van der Waals surface area contributed by atoms with Gasteiger partial charge in [-0.1, -0.05) is 29.3 Å². The smallest absolute Gasteiger partial charge is 0.0754 e. The molecule has 1 aromatic carbocycles. The van der Waals surface area contributed by atoms with Crippen molar-refractivity contribution < 1.29 is 0 Å². The van der Waals surface area contributed by atoms with E-state index >= 15 is 0 Å². The molecule has 0 unspecified atom stereocenters. The molecule has 0 amide bonds. The summed E-state index contributed by atoms with van der Waals surface area (Å²) in [6.45, 7) is 9.54. The fourth-order valence-electron chi connectivity index (χ4n) is 2.51. The normalized spacial score (nSPS) is 13.0. The Labute approximate surface area is 132 Å². The number of nitriles is 1. The Kier molecular flexibility index (Phi) is 6.82. The van der Waals surface area contributed by atoms with E-state index in [0.717, 1.165) is 18.5 Å². The van der Waals surface area contributed by atoms with Gasteiger partial charge in [-0.2, -0.15) is 5.26 Å². The van der Waals surface area contributed by atoms with Crippen molar-refractivity contribution in [1.82, 2.24) is 4.90 Å². The molecule has 0 aliphatic rings. The van der Waals surface area contributed by atoms with Gasteiger partial charge in [0.25, 0.3) is 0 Å². The van der Waals surface area contributed by atoms with Crippen LogP contribution in [0.3, 0.4) is 0 Å². The second kappa shape index (κ2) is 7.88. The molecule has 20 heavy (non-hydrogen) atoms. The molecule has 0 saturated carbocycles. The number of rotatable bonds is 6. The third-order valence-electron chi connectivity index (χ3n) is 3.51. The van der Waals surface area contributed by atoms with E-state index in [1.807, 2.05) is 0 Å². The highest BCUT2D eigenvalue weighted by Crippen LogP contribution is 2.33. The molecule has 1 aromatic rings. The molecular formula is C16H22Cl2N2. The van der Waals surface area contributed by atoms with Crippen molar-refractivity contribution in [2.24, 2.45) is 0 Å². The molecule has 1 rings (SSSR count). The van der Waals surface area contributed by atoms with Crippen LogP contribution in [0.2, 0.25) is 10.0 Å². The second-order valence-electron chi connectivity index (χ2n) is 5.53. The first kappa shape index (κ1) is 17.3. The van der Waals surface area contributed by atoms with E-state index in [1.54, 1.807) is 18.2 Å². The molecule has 0 heterocycles. The quantitative estimate of drug-likeness (QED) is 0.729. The Morgan fingerprint density at radius 2 is 1.60 bits per heavy atom. The van der Waals surface area contributed by atoms with Gasteiger partial charge in [0.15, 0.2) is 0 Å². The number of hydrogen-bond acceptors (Lipinski definition) is 2. The van der Waals surface area contributed by atoms with Crippen LogP contribution in [-0.2, 0) is 0 Å². The molecule has 0 radical (unpaired) electrons. The van der Waals surface area contributed by atoms with Gasteiger partial charge in [-0.15, -0.1) is 0 Å². The minimum absolute atomic E-state index is 0.267. The van der Waals surface area contributed by atoms with Crippen LogP contribution in [0.5, 0.6) is 0 Å². The highest BCUT2D eigenvalue weighted by atomic mass is 35.5. The summed E-state index contributed by atoms with van der Waals surface area (Å²) in [7, 11) is 0. The largest absolute Gasteiger partial charge is 0.298 e. The monoisotopic (exact) mass is 312 g/mol. The average Bonchev–Trinajstić information content (AvgIpc) is 2.35. The Bertz CT molecular complexity index is 450. The molecular weight excluding hydrogens is 291 g/mol. The Hall–Kier alpha value is -0.750. The van der Waals surface area contributed by atoms with Crippen LogP contribution in [0.25, 0.3) is 0 Å². The summed E-state index contributed by atoms with van der Waals surface area (Å²) < 4.78 is 0. The van der Waals surface area contributed by atoms with E-state index in [2.05, 4.69) is 38.7 Å². The Balaban J connectivity index is 2.86. The highest BCUT2D eigenvalue weighted by molar-refractivity contribution is 6.36. The number of halogens is 2. The van der Waals surface area contributed by atoms with Gasteiger partial charge in [-0.25, -0.2) is 0 Å². The number of hydrogen-bond donors (Lipinski definition) is 0. The van der Waals surface area contributed by atoms with Crippen molar-refractivity contribution in [2.75, 3.05) is 6.54 Å². The van der Waals surface area contributed by atoms with Gasteiger partial charge in [-0.05, 0) is 46.2 Å². The predicted octanol–water partition coefficient (Wildman–Crippen LogP) is 5.11. The highest BCUT2D eigenvalue weighted by Gasteiger charge is 2.20. The maximum Gasteiger partial charge on any atom is 0.0754 e. The minimum atomic E-state index is -0.267. The molecule has 0 spiro atoms. The molecule has 0 aliphatic heterocycles. The summed E-state index contributed by atoms with van der Waals surface area (Å²) in [5.74, 6) is -0.267. The Morgan fingerprint density at radius 3 is 2.00 bits per heavy atom. The van der Waals surface area contributed by atoms with Crippen LogP contribution in [0.4, 0.5) is 0 Å². The lowest BCUT2D eigenvalue weighted by Crippen LogP contribution is -2.38. The predicted molar refractivity (Wildman–Crippen MR) is 86.4 cm³/mol. The van der Waals surface area contributed by atoms with E-state index in [9.17, 15) is 5.26 Å². The average molecular weight is 313 g/mol. The molecule has 110 valence electrons. The van der Waals surface area contributed by atoms with Crippen molar-refractivity contribution >= 4 is 23.2 Å². The van der Waals surface area contributed by atoms with Crippen molar-refractivity contribution in [2.45, 2.75) is 52.1 Å². The van der Waals surface area contributed by atoms with Gasteiger partial charge in [0.05, 0.1) is 12.0 Å². The number of nitrogens with zero attached hydrogens (tertiary/aromatic N) is 2. The molecule has 0 fully saturated rings. The van der Waals surface area contributed by atoms with Crippen molar-refractivity contribution in [1.29, 1.82) is 5.26 Å². The molecule has 0 saturated heterocycles. The van der Waals surface area contributed by atoms with E-state index in [-0.39, 0.29) is 5.92 Å². The zero-order chi connectivity index (χ0) is 15.3. The van der Waals surface area contributed by atoms with Crippen LogP contribution >= 0.6 is 23.2 Å². The van der Waals surface area contributed by atoms with Gasteiger partial charge in [0.1, 0.15) is 0 Å². The van der Waals surface area contributed by atoms with Crippen molar-refractivity contribution in [3.63, 3.8) is 0 Å². The lowest BCUT2D eigenvalue weighted by Gasteiger charge is -2.31. The molecule has 4 heteroatoms. The van der Waals surface area contributed by atoms with Crippen LogP contribution in [0.15, 0.2) is 18.2 Å². The van der Waals surface area contributed by atoms with Crippen LogP contribution in [-0.4, -0.2) is 23.5 Å². The minimum Gasteiger partial charge on any atom is -0.298 e. The summed E-state index contributed by atoms with van der Waals surface area (Å²) in [4.78, 5) is 2.37. The van der Waals surface area contributed by atoms with Crippen molar-refractivity contribution in [3.8, 4) is 6.07 Å². The van der Waals surface area contributed by atoms with Gasteiger partial charge < -0.3 is 0 Å². The zero-order valence-corrected chi connectivity index (χ0v) is 14.0. The standard InChI is InChI=1S/C16H22Cl2N2/c1-11(2)20(12(3)4)9-8-13(10-19)16-14(17)6-5-7-15(16)18/h5-7,11-13H,8-9H2,1-4H3/t13-/m0/s1. The molecule has 0 aliphatic carbocycles. The Morgan fingerprint density at radius 1 is 1.10 bits per heavy atom. The maximum atomic E-state index is 9.43. The first-order valence-corrected chi connectivity index (χ1v) is 7.73. The molecule has 2 nitrogen and oxygen atoms in total. The summed E-state index contributed by atoms with van der Waals surface area (Å²) in [6, 6.07) is 8.62. The fraction of sp³-hybridized carbons (Fsp3) is 0.562. The second-order valence-corrected chi connectivity index (χ2v) is 6.35. The number of benzene rings is 1. The van der Waals surface area contributed by atoms with Gasteiger partial charge in [0.2, 0.25) is 0 Å². The van der Waals surface area contributed by atoms with E-state index < -0.39 is 0 Å². The van der Waals surface area contributed by atoms with Gasteiger partial charge in [0, 0.05) is 34.2 Å². The third kappa shape index (κ3) is 4.38. The first-order valence-electron chi connectivity index (χ1n) is 6.97. The lowest BCUT2D eigenvalue weighted by molar-refractivity contribution is 0.171. The molecule has 0 N–H and O–H groups in total. The lowest BCUT2D eigenvalue weighted by atomic mass is 9.96. The summed E-state index contributed by atoms with van der Waals surface area (Å²) in [6.07, 6.45) is 0.732. The van der Waals surface area contributed by atoms with E-state index in [0.29, 0.717) is 22.1 Å². The fourth-order valence-corrected chi connectivity index (χ4v) is 3.17. The molecule has 1 atom stereocenters. The molecule has 0 aromatic heterocycles. The molecule has 0 bridgehead atoms. The van der Waals surface area contributed by atoms with Gasteiger partial charge in [-0.3, -0.25) is 4.90 Å². The van der Waals surface area contributed by atoms with Crippen LogP contribution < -0.4 is 0 Å². The third-order valence-corrected chi connectivity index (χ3v) is 4.17. The van der Waals surface area contributed by atoms with Crippen LogP contribution in [0, 0.1) is 11.3 Å². The van der Waals surface area contributed by atoms with Gasteiger partial charge >= 0.3 is 0 Å². The zero-order valence-electron chi connectivity index (χ0n) is 12.5. The van der Waals surface area contributed by atoms with Crippen molar-refractivity contribution in [3.05, 3.63) is 33.8 Å². The van der Waals surface area contributed by atoms with Crippen LogP contribution in [0.1, 0.15) is 45.6 Å². The maximum absolute atomic E-state index is 9.43. The summed E-state index contributed by atoms with van der Waals surface area (Å²) >= 11 is 12.4. The van der Waals surface area contributed by atoms with E-state index in [1.165, 1.54) is 0 Å². The summed E-state index contributed by atoms with van der Waals surface area (Å²) in [5, 5.41) is 10.6. The SMILES string of the molecule is CC(C)N(CC[C@@H](C#N)c1c(Cl)cccc1Cl)C(C)C. The summed E-state index contributed by atoms with van der Waals surface area (Å²) in [5.41, 5.74) is 0.755. The van der Waals surface area contributed by atoms with E-state index in [4.69, 9.17) is 23.2 Å².